The van der Waals surface area contributed by atoms with Crippen molar-refractivity contribution in [2.24, 2.45) is 0 Å². The fourth-order valence-electron chi connectivity index (χ4n) is 3.24. The number of pyridine rings is 1. The van der Waals surface area contributed by atoms with Crippen LogP contribution in [0.5, 0.6) is 0 Å². The lowest BCUT2D eigenvalue weighted by Crippen LogP contribution is -2.32. The number of ether oxygens (including phenoxy) is 1. The number of nitrogens with zero attached hydrogens (tertiary/aromatic N) is 5. The molecule has 3 aromatic heterocycles. The monoisotopic (exact) mass is 381 g/mol. The fourth-order valence-corrected chi connectivity index (χ4v) is 3.96. The number of aromatic nitrogens is 4. The van der Waals surface area contributed by atoms with Gasteiger partial charge in [-0.3, -0.25) is 4.79 Å². The second-order valence-corrected chi connectivity index (χ2v) is 7.39. The molecule has 0 bridgehead atoms. The van der Waals surface area contributed by atoms with Gasteiger partial charge in [-0.15, -0.1) is 16.4 Å². The van der Waals surface area contributed by atoms with E-state index in [4.69, 9.17) is 4.74 Å². The standard InChI is InChI=1S/C19H19N5O2S/c1-13-5-3-6-14-9-15(19-20-21-22-24(19)18(13)14)10-23(17(25)12-26-2)11-16-7-4-8-27-16/h3-9H,10-12H2,1-2H3. The van der Waals surface area contributed by atoms with Gasteiger partial charge in [-0.1, -0.05) is 24.3 Å². The number of carbonyl (C=O) groups excluding carboxylic acids is 1. The first-order chi connectivity index (χ1) is 13.2. The third-order valence-corrected chi connectivity index (χ3v) is 5.34. The number of para-hydroxylation sites is 1. The molecule has 1 amide bonds. The highest BCUT2D eigenvalue weighted by molar-refractivity contribution is 7.09. The molecule has 0 radical (unpaired) electrons. The van der Waals surface area contributed by atoms with Crippen LogP contribution in [-0.2, 0) is 22.6 Å². The van der Waals surface area contributed by atoms with Gasteiger partial charge in [0.05, 0.1) is 12.1 Å². The molecule has 138 valence electrons. The average molecular weight is 381 g/mol. The van der Waals surface area contributed by atoms with Gasteiger partial charge in [-0.05, 0) is 40.4 Å². The second kappa shape index (κ2) is 7.42. The van der Waals surface area contributed by atoms with E-state index < -0.39 is 0 Å². The maximum atomic E-state index is 12.6. The molecule has 0 aliphatic rings. The third-order valence-electron chi connectivity index (χ3n) is 4.48. The van der Waals surface area contributed by atoms with Crippen LogP contribution in [0, 0.1) is 6.92 Å². The Hall–Kier alpha value is -2.84. The summed E-state index contributed by atoms with van der Waals surface area (Å²) in [6.07, 6.45) is 0. The first-order valence-corrected chi connectivity index (χ1v) is 9.43. The summed E-state index contributed by atoms with van der Waals surface area (Å²) in [5.41, 5.74) is 3.65. The van der Waals surface area contributed by atoms with E-state index in [0.29, 0.717) is 18.7 Å². The minimum absolute atomic E-state index is 0.0410. The highest BCUT2D eigenvalue weighted by Crippen LogP contribution is 2.24. The Morgan fingerprint density at radius 2 is 2.15 bits per heavy atom. The van der Waals surface area contributed by atoms with E-state index in [-0.39, 0.29) is 12.5 Å². The van der Waals surface area contributed by atoms with Crippen LogP contribution in [0.3, 0.4) is 0 Å². The number of amides is 1. The predicted molar refractivity (Wildman–Crippen MR) is 103 cm³/mol. The van der Waals surface area contributed by atoms with Gasteiger partial charge in [-0.25, -0.2) is 0 Å². The Morgan fingerprint density at radius 1 is 1.26 bits per heavy atom. The van der Waals surface area contributed by atoms with Gasteiger partial charge in [0.1, 0.15) is 6.61 Å². The number of hydrogen-bond acceptors (Lipinski definition) is 6. The molecule has 4 rings (SSSR count). The largest absolute Gasteiger partial charge is 0.375 e. The summed E-state index contributed by atoms with van der Waals surface area (Å²) in [4.78, 5) is 15.5. The molecule has 0 saturated carbocycles. The van der Waals surface area contributed by atoms with Gasteiger partial charge in [0.15, 0.2) is 5.65 Å². The van der Waals surface area contributed by atoms with Crippen LogP contribution in [0.15, 0.2) is 41.8 Å². The van der Waals surface area contributed by atoms with E-state index >= 15 is 0 Å². The summed E-state index contributed by atoms with van der Waals surface area (Å²) in [5.74, 6) is -0.0686. The molecule has 4 aromatic rings. The molecular weight excluding hydrogens is 362 g/mol. The number of tetrazole rings is 1. The predicted octanol–water partition coefficient (Wildman–Crippen LogP) is 2.82. The topological polar surface area (TPSA) is 72.6 Å². The van der Waals surface area contributed by atoms with Crippen molar-refractivity contribution < 1.29 is 9.53 Å². The molecule has 1 aromatic carbocycles. The molecule has 0 saturated heterocycles. The summed E-state index contributed by atoms with van der Waals surface area (Å²) in [6.45, 7) is 3.01. The van der Waals surface area contributed by atoms with Crippen LogP contribution in [0.1, 0.15) is 16.0 Å². The normalized spacial score (nSPS) is 11.3. The van der Waals surface area contributed by atoms with E-state index in [2.05, 4.69) is 21.6 Å². The molecule has 3 heterocycles. The number of aryl methyl sites for hydroxylation is 1. The van der Waals surface area contributed by atoms with Gasteiger partial charge in [0, 0.05) is 29.5 Å². The molecule has 0 spiro atoms. The lowest BCUT2D eigenvalue weighted by molar-refractivity contribution is -0.136. The number of hydrogen-bond donors (Lipinski definition) is 0. The van der Waals surface area contributed by atoms with Crippen LogP contribution in [0.2, 0.25) is 0 Å². The molecule has 0 N–H and O–H groups in total. The van der Waals surface area contributed by atoms with Crippen molar-refractivity contribution in [2.45, 2.75) is 20.0 Å². The smallest absolute Gasteiger partial charge is 0.249 e. The lowest BCUT2D eigenvalue weighted by Gasteiger charge is -2.22. The zero-order valence-corrected chi connectivity index (χ0v) is 15.9. The Kier molecular flexibility index (Phi) is 4.83. The van der Waals surface area contributed by atoms with Gasteiger partial charge in [0.2, 0.25) is 5.91 Å². The summed E-state index contributed by atoms with van der Waals surface area (Å²) in [5, 5.41) is 15.3. The minimum atomic E-state index is -0.0686. The number of methoxy groups -OCH3 is 1. The van der Waals surface area contributed by atoms with E-state index in [1.807, 2.05) is 42.6 Å². The molecule has 8 heteroatoms. The van der Waals surface area contributed by atoms with Crippen molar-refractivity contribution in [3.63, 3.8) is 0 Å². The van der Waals surface area contributed by atoms with Gasteiger partial charge in [-0.2, -0.15) is 4.52 Å². The van der Waals surface area contributed by atoms with Gasteiger partial charge < -0.3 is 9.64 Å². The fraction of sp³-hybridized carbons (Fsp3) is 0.263. The average Bonchev–Trinajstić information content (AvgIpc) is 3.33. The highest BCUT2D eigenvalue weighted by atomic mass is 32.1. The van der Waals surface area contributed by atoms with Crippen LogP contribution >= 0.6 is 11.3 Å². The second-order valence-electron chi connectivity index (χ2n) is 6.36. The number of rotatable bonds is 6. The van der Waals surface area contributed by atoms with Gasteiger partial charge >= 0.3 is 0 Å². The zero-order valence-electron chi connectivity index (χ0n) is 15.1. The quantitative estimate of drug-likeness (QED) is 0.513. The SMILES string of the molecule is COCC(=O)N(Cc1cccs1)Cc1cc2cccc(C)c2n2nnnc12. The van der Waals surface area contributed by atoms with Gasteiger partial charge in [0.25, 0.3) is 0 Å². The number of fused-ring (bicyclic) bond motifs is 3. The summed E-state index contributed by atoms with van der Waals surface area (Å²) in [6, 6.07) is 12.2. The van der Waals surface area contributed by atoms with Crippen molar-refractivity contribution in [3.05, 3.63) is 57.8 Å². The van der Waals surface area contributed by atoms with Crippen molar-refractivity contribution in [3.8, 4) is 0 Å². The number of carbonyl (C=O) groups is 1. The molecule has 0 aliphatic heterocycles. The van der Waals surface area contributed by atoms with E-state index in [1.54, 1.807) is 20.8 Å². The van der Waals surface area contributed by atoms with E-state index in [0.717, 1.165) is 26.9 Å². The van der Waals surface area contributed by atoms with Crippen LogP contribution in [-0.4, -0.2) is 44.6 Å². The Morgan fingerprint density at radius 3 is 2.93 bits per heavy atom. The maximum absolute atomic E-state index is 12.6. The summed E-state index contributed by atoms with van der Waals surface area (Å²) in [7, 11) is 1.53. The highest BCUT2D eigenvalue weighted by Gasteiger charge is 2.19. The summed E-state index contributed by atoms with van der Waals surface area (Å²) < 4.78 is 6.82. The molecule has 0 unspecified atom stereocenters. The lowest BCUT2D eigenvalue weighted by atomic mass is 10.1. The van der Waals surface area contributed by atoms with Crippen LogP contribution < -0.4 is 0 Å². The Balaban J connectivity index is 1.76. The van der Waals surface area contributed by atoms with Crippen molar-refractivity contribution >= 4 is 33.8 Å². The Labute approximate surface area is 160 Å². The number of benzene rings is 1. The minimum Gasteiger partial charge on any atom is -0.375 e. The van der Waals surface area contributed by atoms with E-state index in [1.165, 1.54) is 7.11 Å². The molecule has 0 atom stereocenters. The maximum Gasteiger partial charge on any atom is 0.249 e. The third kappa shape index (κ3) is 3.41. The molecule has 27 heavy (non-hydrogen) atoms. The number of thiophene rings is 1. The van der Waals surface area contributed by atoms with Crippen molar-refractivity contribution in [1.82, 2.24) is 24.9 Å². The molecule has 0 fully saturated rings. The molecular formula is C19H19N5O2S. The van der Waals surface area contributed by atoms with Crippen molar-refractivity contribution in [2.75, 3.05) is 13.7 Å². The van der Waals surface area contributed by atoms with Crippen molar-refractivity contribution in [1.29, 1.82) is 0 Å². The van der Waals surface area contributed by atoms with Crippen LogP contribution in [0.25, 0.3) is 16.6 Å². The Bertz CT molecular complexity index is 1090. The summed E-state index contributed by atoms with van der Waals surface area (Å²) >= 11 is 1.63. The van der Waals surface area contributed by atoms with E-state index in [9.17, 15) is 4.79 Å². The zero-order chi connectivity index (χ0) is 18.8. The first kappa shape index (κ1) is 17.6. The molecule has 7 nitrogen and oxygen atoms in total. The molecule has 0 aliphatic carbocycles. The first-order valence-electron chi connectivity index (χ1n) is 8.56. The van der Waals surface area contributed by atoms with Crippen LogP contribution in [0.4, 0.5) is 0 Å².